The van der Waals surface area contributed by atoms with E-state index in [1.807, 2.05) is 0 Å². The molecule has 3 aromatic rings. The van der Waals surface area contributed by atoms with Crippen molar-refractivity contribution in [1.82, 2.24) is 14.4 Å². The lowest BCUT2D eigenvalue weighted by molar-refractivity contribution is 0.413. The Morgan fingerprint density at radius 1 is 1.12 bits per heavy atom. The zero-order chi connectivity index (χ0) is 18.7. The van der Waals surface area contributed by atoms with E-state index in [9.17, 15) is 17.2 Å². The van der Waals surface area contributed by atoms with Gasteiger partial charge in [-0.25, -0.2) is 21.5 Å². The number of benzene rings is 2. The van der Waals surface area contributed by atoms with Gasteiger partial charge < -0.3 is 4.52 Å². The summed E-state index contributed by atoms with van der Waals surface area (Å²) in [7, 11) is -2.46. The maximum absolute atomic E-state index is 13.7. The van der Waals surface area contributed by atoms with Crippen LogP contribution in [0.5, 0.6) is 0 Å². The molecule has 0 saturated heterocycles. The Kier molecular flexibility index (Phi) is 5.10. The van der Waals surface area contributed by atoms with Crippen LogP contribution in [0.15, 0.2) is 57.9 Å². The Morgan fingerprint density at radius 2 is 1.88 bits per heavy atom. The zero-order valence-corrected chi connectivity index (χ0v) is 14.6. The third-order valence-corrected chi connectivity index (χ3v) is 5.58. The average molecular weight is 379 g/mol. The van der Waals surface area contributed by atoms with Gasteiger partial charge in [0.05, 0.1) is 10.5 Å². The highest BCUT2D eigenvalue weighted by molar-refractivity contribution is 7.89. The van der Waals surface area contributed by atoms with E-state index in [4.69, 9.17) is 4.52 Å². The average Bonchev–Trinajstić information content (AvgIpc) is 3.08. The van der Waals surface area contributed by atoms with Crippen LogP contribution in [0.3, 0.4) is 0 Å². The first-order valence-electron chi connectivity index (χ1n) is 7.67. The molecular formula is C17H15F2N3O3S. The minimum absolute atomic E-state index is 0.0220. The van der Waals surface area contributed by atoms with Crippen LogP contribution in [0, 0.1) is 11.6 Å². The van der Waals surface area contributed by atoms with E-state index in [1.54, 1.807) is 12.1 Å². The molecule has 0 aliphatic rings. The van der Waals surface area contributed by atoms with Gasteiger partial charge in [-0.2, -0.15) is 4.98 Å². The van der Waals surface area contributed by atoms with Crippen molar-refractivity contribution in [2.75, 3.05) is 13.6 Å². The molecule has 3 rings (SSSR count). The molecule has 0 bridgehead atoms. The molecule has 0 radical (unpaired) electrons. The largest absolute Gasteiger partial charge is 0.334 e. The van der Waals surface area contributed by atoms with Crippen molar-refractivity contribution >= 4 is 10.0 Å². The van der Waals surface area contributed by atoms with Gasteiger partial charge in [-0.3, -0.25) is 0 Å². The van der Waals surface area contributed by atoms with Gasteiger partial charge in [0, 0.05) is 20.0 Å². The third-order valence-electron chi connectivity index (χ3n) is 3.73. The van der Waals surface area contributed by atoms with Crippen LogP contribution in [0.1, 0.15) is 5.82 Å². The Bertz CT molecular complexity index is 1020. The maximum Gasteiger partial charge on any atom is 0.260 e. The van der Waals surface area contributed by atoms with E-state index >= 15 is 0 Å². The van der Waals surface area contributed by atoms with Gasteiger partial charge in [-0.15, -0.1) is 0 Å². The SMILES string of the molecule is CN(CCc1noc(-c2ccccc2F)n1)S(=O)(=O)c1cccc(F)c1. The molecular weight excluding hydrogens is 364 g/mol. The summed E-state index contributed by atoms with van der Waals surface area (Å²) in [5.41, 5.74) is 0.173. The van der Waals surface area contributed by atoms with E-state index in [2.05, 4.69) is 10.1 Å². The number of halogens is 2. The lowest BCUT2D eigenvalue weighted by Gasteiger charge is -2.16. The molecule has 0 aliphatic carbocycles. The Morgan fingerprint density at radius 3 is 2.62 bits per heavy atom. The fraction of sp³-hybridized carbons (Fsp3) is 0.176. The van der Waals surface area contributed by atoms with Crippen molar-refractivity contribution in [2.24, 2.45) is 0 Å². The number of rotatable bonds is 6. The van der Waals surface area contributed by atoms with E-state index in [0.29, 0.717) is 0 Å². The summed E-state index contributed by atoms with van der Waals surface area (Å²) in [6.45, 7) is 0.0507. The van der Waals surface area contributed by atoms with E-state index in [0.717, 1.165) is 10.4 Å². The minimum atomic E-state index is -3.84. The second-order valence-corrected chi connectivity index (χ2v) is 7.57. The van der Waals surface area contributed by atoms with Gasteiger partial charge in [-0.05, 0) is 30.3 Å². The highest BCUT2D eigenvalue weighted by atomic mass is 32.2. The van der Waals surface area contributed by atoms with Crippen molar-refractivity contribution in [3.63, 3.8) is 0 Å². The molecule has 0 saturated carbocycles. The zero-order valence-electron chi connectivity index (χ0n) is 13.8. The summed E-state index contributed by atoms with van der Waals surface area (Å²) in [5, 5.41) is 3.74. The first-order valence-corrected chi connectivity index (χ1v) is 9.11. The van der Waals surface area contributed by atoms with Gasteiger partial charge in [0.25, 0.3) is 5.89 Å². The first-order chi connectivity index (χ1) is 12.4. The summed E-state index contributed by atoms with van der Waals surface area (Å²) in [4.78, 5) is 3.94. The van der Waals surface area contributed by atoms with E-state index in [-0.39, 0.29) is 35.1 Å². The Balaban J connectivity index is 1.70. The quantitative estimate of drug-likeness (QED) is 0.658. The topological polar surface area (TPSA) is 76.3 Å². The molecule has 0 spiro atoms. The summed E-state index contributed by atoms with van der Waals surface area (Å²) < 4.78 is 57.9. The monoisotopic (exact) mass is 379 g/mol. The molecule has 1 aromatic heterocycles. The standard InChI is InChI=1S/C17H15F2N3O3S/c1-22(26(23,24)13-6-4-5-12(18)11-13)10-9-16-20-17(25-21-16)14-7-2-3-8-15(14)19/h2-8,11H,9-10H2,1H3. The first kappa shape index (κ1) is 18.2. The molecule has 136 valence electrons. The maximum atomic E-state index is 13.7. The molecule has 0 fully saturated rings. The Labute approximate surface area is 149 Å². The van der Waals surface area contributed by atoms with Gasteiger partial charge in [0.2, 0.25) is 10.0 Å². The highest BCUT2D eigenvalue weighted by Gasteiger charge is 2.22. The van der Waals surface area contributed by atoms with Crippen molar-refractivity contribution in [3.8, 4) is 11.5 Å². The fourth-order valence-corrected chi connectivity index (χ4v) is 3.49. The molecule has 2 aromatic carbocycles. The molecule has 0 aliphatic heterocycles. The lowest BCUT2D eigenvalue weighted by Crippen LogP contribution is -2.29. The molecule has 0 unspecified atom stereocenters. The number of likely N-dealkylation sites (N-methyl/N-ethyl adjacent to an activating group) is 1. The summed E-state index contributed by atoms with van der Waals surface area (Å²) in [6, 6.07) is 10.7. The number of nitrogens with zero attached hydrogens (tertiary/aromatic N) is 3. The second-order valence-electron chi connectivity index (χ2n) is 5.53. The van der Waals surface area contributed by atoms with E-state index < -0.39 is 21.7 Å². The van der Waals surface area contributed by atoms with Crippen LogP contribution in [0.25, 0.3) is 11.5 Å². The molecule has 9 heteroatoms. The van der Waals surface area contributed by atoms with Crippen LogP contribution in [-0.4, -0.2) is 36.5 Å². The normalized spacial score (nSPS) is 11.8. The van der Waals surface area contributed by atoms with Crippen LogP contribution in [0.4, 0.5) is 8.78 Å². The highest BCUT2D eigenvalue weighted by Crippen LogP contribution is 2.21. The van der Waals surface area contributed by atoms with Crippen LogP contribution >= 0.6 is 0 Å². The molecule has 0 atom stereocenters. The number of sulfonamides is 1. The van der Waals surface area contributed by atoms with Gasteiger partial charge in [-0.1, -0.05) is 23.4 Å². The third kappa shape index (κ3) is 3.78. The summed E-state index contributed by atoms with van der Waals surface area (Å²) in [6.07, 6.45) is 0.156. The summed E-state index contributed by atoms with van der Waals surface area (Å²) in [5.74, 6) is -0.862. The van der Waals surface area contributed by atoms with Crippen molar-refractivity contribution in [3.05, 3.63) is 66.0 Å². The van der Waals surface area contributed by atoms with Gasteiger partial charge >= 0.3 is 0 Å². The van der Waals surface area contributed by atoms with Crippen molar-refractivity contribution in [2.45, 2.75) is 11.3 Å². The van der Waals surface area contributed by atoms with Gasteiger partial charge in [0.15, 0.2) is 5.82 Å². The number of hydrogen-bond donors (Lipinski definition) is 0. The molecule has 0 N–H and O–H groups in total. The van der Waals surface area contributed by atoms with Crippen LogP contribution < -0.4 is 0 Å². The minimum Gasteiger partial charge on any atom is -0.334 e. The molecule has 0 amide bonds. The predicted octanol–water partition coefficient (Wildman–Crippen LogP) is 2.88. The molecule has 1 heterocycles. The molecule has 26 heavy (non-hydrogen) atoms. The van der Waals surface area contributed by atoms with E-state index in [1.165, 1.54) is 37.4 Å². The number of aromatic nitrogens is 2. The number of hydrogen-bond acceptors (Lipinski definition) is 5. The van der Waals surface area contributed by atoms with Crippen LogP contribution in [-0.2, 0) is 16.4 Å². The molecule has 6 nitrogen and oxygen atoms in total. The van der Waals surface area contributed by atoms with Crippen LogP contribution in [0.2, 0.25) is 0 Å². The fourth-order valence-electron chi connectivity index (χ4n) is 2.28. The van der Waals surface area contributed by atoms with Gasteiger partial charge in [0.1, 0.15) is 11.6 Å². The van der Waals surface area contributed by atoms with Crippen molar-refractivity contribution < 1.29 is 21.7 Å². The smallest absolute Gasteiger partial charge is 0.260 e. The van der Waals surface area contributed by atoms with Crippen molar-refractivity contribution in [1.29, 1.82) is 0 Å². The Hall–Kier alpha value is -2.65. The predicted molar refractivity (Wildman–Crippen MR) is 89.6 cm³/mol. The second kappa shape index (κ2) is 7.30. The lowest BCUT2D eigenvalue weighted by atomic mass is 10.2. The summed E-state index contributed by atoms with van der Waals surface area (Å²) >= 11 is 0.